The standard InChI is InChI=1S/C19H25BrN4O/c1-3-22(4-2)14-18(25)24-12-10-23(11-13-24)17-8-9-21-19-15(17)6-5-7-16(19)20/h5-9H,3-4,10-14H2,1-2H3. The summed E-state index contributed by atoms with van der Waals surface area (Å²) in [5.41, 5.74) is 2.18. The molecular weight excluding hydrogens is 380 g/mol. The molecule has 2 heterocycles. The number of rotatable bonds is 5. The van der Waals surface area contributed by atoms with Gasteiger partial charge in [0.15, 0.2) is 0 Å². The van der Waals surface area contributed by atoms with Gasteiger partial charge in [0.25, 0.3) is 0 Å². The molecule has 134 valence electrons. The summed E-state index contributed by atoms with van der Waals surface area (Å²) in [5, 5.41) is 1.15. The van der Waals surface area contributed by atoms with Gasteiger partial charge < -0.3 is 9.80 Å². The van der Waals surface area contributed by atoms with Crippen LogP contribution in [-0.4, -0.2) is 66.5 Å². The Kier molecular flexibility index (Phi) is 5.91. The number of benzene rings is 1. The molecule has 1 aromatic heterocycles. The van der Waals surface area contributed by atoms with Crippen molar-refractivity contribution in [1.29, 1.82) is 0 Å². The van der Waals surface area contributed by atoms with Gasteiger partial charge in [0.2, 0.25) is 5.91 Å². The first-order chi connectivity index (χ1) is 12.1. The van der Waals surface area contributed by atoms with Gasteiger partial charge in [-0.2, -0.15) is 0 Å². The Balaban J connectivity index is 1.69. The lowest BCUT2D eigenvalue weighted by atomic mass is 10.1. The summed E-state index contributed by atoms with van der Waals surface area (Å²) in [6.07, 6.45) is 1.86. The molecule has 6 heteroatoms. The van der Waals surface area contributed by atoms with Gasteiger partial charge in [-0.15, -0.1) is 0 Å². The van der Waals surface area contributed by atoms with E-state index in [1.165, 1.54) is 5.69 Å². The molecule has 2 aromatic rings. The molecule has 1 aliphatic heterocycles. The number of amides is 1. The Hall–Kier alpha value is -1.66. The average molecular weight is 405 g/mol. The number of halogens is 1. The highest BCUT2D eigenvalue weighted by molar-refractivity contribution is 9.10. The number of fused-ring (bicyclic) bond motifs is 1. The summed E-state index contributed by atoms with van der Waals surface area (Å²) in [7, 11) is 0. The average Bonchev–Trinajstić information content (AvgIpc) is 2.66. The summed E-state index contributed by atoms with van der Waals surface area (Å²) < 4.78 is 1.01. The summed E-state index contributed by atoms with van der Waals surface area (Å²) in [5.74, 6) is 0.241. The summed E-state index contributed by atoms with van der Waals surface area (Å²) in [6, 6.07) is 8.24. The smallest absolute Gasteiger partial charge is 0.236 e. The molecule has 0 bridgehead atoms. The minimum absolute atomic E-state index is 0.241. The van der Waals surface area contributed by atoms with Gasteiger partial charge in [-0.3, -0.25) is 14.7 Å². The molecule has 0 unspecified atom stereocenters. The predicted octanol–water partition coefficient (Wildman–Crippen LogP) is 2.99. The number of piperazine rings is 1. The Morgan fingerprint density at radius 2 is 1.88 bits per heavy atom. The second-order valence-electron chi connectivity index (χ2n) is 6.30. The normalized spacial score (nSPS) is 15.2. The van der Waals surface area contributed by atoms with Crippen molar-refractivity contribution in [2.45, 2.75) is 13.8 Å². The van der Waals surface area contributed by atoms with Gasteiger partial charge in [0, 0.05) is 47.9 Å². The number of carbonyl (C=O) groups is 1. The largest absolute Gasteiger partial charge is 0.367 e. The predicted molar refractivity (Wildman–Crippen MR) is 106 cm³/mol. The molecule has 1 fully saturated rings. The van der Waals surface area contributed by atoms with Gasteiger partial charge in [-0.25, -0.2) is 0 Å². The number of hydrogen-bond acceptors (Lipinski definition) is 4. The van der Waals surface area contributed by atoms with E-state index < -0.39 is 0 Å². The molecule has 0 saturated carbocycles. The fourth-order valence-electron chi connectivity index (χ4n) is 3.34. The van der Waals surface area contributed by atoms with Crippen molar-refractivity contribution in [2.75, 3.05) is 50.7 Å². The van der Waals surface area contributed by atoms with Crippen molar-refractivity contribution in [2.24, 2.45) is 0 Å². The maximum absolute atomic E-state index is 12.5. The highest BCUT2D eigenvalue weighted by Gasteiger charge is 2.23. The molecule has 1 aliphatic rings. The van der Waals surface area contributed by atoms with E-state index in [9.17, 15) is 4.79 Å². The minimum Gasteiger partial charge on any atom is -0.367 e. The highest BCUT2D eigenvalue weighted by atomic mass is 79.9. The molecule has 1 saturated heterocycles. The number of nitrogens with zero attached hydrogens (tertiary/aromatic N) is 4. The second kappa shape index (κ2) is 8.15. The summed E-state index contributed by atoms with van der Waals surface area (Å²) >= 11 is 3.58. The van der Waals surface area contributed by atoms with E-state index in [-0.39, 0.29) is 5.91 Å². The first-order valence-corrected chi connectivity index (χ1v) is 9.71. The van der Waals surface area contributed by atoms with E-state index in [0.29, 0.717) is 6.54 Å². The molecule has 3 rings (SSSR count). The molecule has 5 nitrogen and oxygen atoms in total. The van der Waals surface area contributed by atoms with Crippen LogP contribution in [0.4, 0.5) is 5.69 Å². The fourth-order valence-corrected chi connectivity index (χ4v) is 3.81. The monoisotopic (exact) mass is 404 g/mol. The van der Waals surface area contributed by atoms with E-state index in [1.807, 2.05) is 23.2 Å². The number of pyridine rings is 1. The Bertz CT molecular complexity index is 739. The van der Waals surface area contributed by atoms with Crippen LogP contribution in [0.2, 0.25) is 0 Å². The Labute approximate surface area is 157 Å². The Morgan fingerprint density at radius 1 is 1.16 bits per heavy atom. The molecule has 1 amide bonds. The van der Waals surface area contributed by atoms with Crippen molar-refractivity contribution in [3.05, 3.63) is 34.9 Å². The number of carbonyl (C=O) groups excluding carboxylic acids is 1. The van der Waals surface area contributed by atoms with E-state index in [0.717, 1.165) is 54.6 Å². The Morgan fingerprint density at radius 3 is 2.56 bits per heavy atom. The van der Waals surface area contributed by atoms with Crippen LogP contribution in [0.5, 0.6) is 0 Å². The molecular formula is C19H25BrN4O. The lowest BCUT2D eigenvalue weighted by Crippen LogP contribution is -2.51. The zero-order valence-corrected chi connectivity index (χ0v) is 16.5. The number of aromatic nitrogens is 1. The van der Waals surface area contributed by atoms with Crippen LogP contribution in [-0.2, 0) is 4.79 Å². The van der Waals surface area contributed by atoms with Crippen LogP contribution >= 0.6 is 15.9 Å². The fraction of sp³-hybridized carbons (Fsp3) is 0.474. The zero-order valence-electron chi connectivity index (χ0n) is 14.9. The van der Waals surface area contributed by atoms with Crippen molar-refractivity contribution in [3.8, 4) is 0 Å². The third-order valence-electron chi connectivity index (χ3n) is 4.93. The first kappa shape index (κ1) is 18.1. The lowest BCUT2D eigenvalue weighted by molar-refractivity contribution is -0.132. The molecule has 0 atom stereocenters. The van der Waals surface area contributed by atoms with Gasteiger partial charge in [0.1, 0.15) is 0 Å². The molecule has 0 radical (unpaired) electrons. The molecule has 0 N–H and O–H groups in total. The van der Waals surface area contributed by atoms with Crippen molar-refractivity contribution >= 4 is 38.4 Å². The molecule has 1 aromatic carbocycles. The van der Waals surface area contributed by atoms with E-state index in [1.54, 1.807) is 0 Å². The first-order valence-electron chi connectivity index (χ1n) is 8.92. The van der Waals surface area contributed by atoms with Crippen LogP contribution in [0.3, 0.4) is 0 Å². The highest BCUT2D eigenvalue weighted by Crippen LogP contribution is 2.30. The summed E-state index contributed by atoms with van der Waals surface area (Å²) in [6.45, 7) is 9.82. The molecule has 0 spiro atoms. The third-order valence-corrected chi connectivity index (χ3v) is 5.57. The van der Waals surface area contributed by atoms with Crippen molar-refractivity contribution in [3.63, 3.8) is 0 Å². The van der Waals surface area contributed by atoms with E-state index in [2.05, 4.69) is 56.7 Å². The van der Waals surface area contributed by atoms with Crippen LogP contribution in [0.25, 0.3) is 10.9 Å². The van der Waals surface area contributed by atoms with Gasteiger partial charge in [-0.05, 0) is 41.2 Å². The van der Waals surface area contributed by atoms with Crippen molar-refractivity contribution < 1.29 is 4.79 Å². The molecule has 0 aliphatic carbocycles. The quantitative estimate of drug-likeness (QED) is 0.767. The van der Waals surface area contributed by atoms with Gasteiger partial charge >= 0.3 is 0 Å². The molecule has 25 heavy (non-hydrogen) atoms. The maximum atomic E-state index is 12.5. The second-order valence-corrected chi connectivity index (χ2v) is 7.15. The van der Waals surface area contributed by atoms with Crippen molar-refractivity contribution in [1.82, 2.24) is 14.8 Å². The number of anilines is 1. The van der Waals surface area contributed by atoms with Crippen LogP contribution < -0.4 is 4.90 Å². The van der Waals surface area contributed by atoms with E-state index in [4.69, 9.17) is 0 Å². The number of hydrogen-bond donors (Lipinski definition) is 0. The topological polar surface area (TPSA) is 39.7 Å². The minimum atomic E-state index is 0.241. The van der Waals surface area contributed by atoms with Gasteiger partial charge in [-0.1, -0.05) is 26.0 Å². The number of para-hydroxylation sites is 1. The maximum Gasteiger partial charge on any atom is 0.236 e. The van der Waals surface area contributed by atoms with Crippen LogP contribution in [0, 0.1) is 0 Å². The summed E-state index contributed by atoms with van der Waals surface area (Å²) in [4.78, 5) is 23.5. The lowest BCUT2D eigenvalue weighted by Gasteiger charge is -2.37. The zero-order chi connectivity index (χ0) is 17.8. The van der Waals surface area contributed by atoms with Crippen LogP contribution in [0.1, 0.15) is 13.8 Å². The van der Waals surface area contributed by atoms with Crippen LogP contribution in [0.15, 0.2) is 34.9 Å². The number of likely N-dealkylation sites (N-methyl/N-ethyl adjacent to an activating group) is 1. The SMILES string of the molecule is CCN(CC)CC(=O)N1CCN(c2ccnc3c(Br)cccc23)CC1. The van der Waals surface area contributed by atoms with E-state index >= 15 is 0 Å². The third kappa shape index (κ3) is 3.96. The van der Waals surface area contributed by atoms with Gasteiger partial charge in [0.05, 0.1) is 12.1 Å².